The van der Waals surface area contributed by atoms with E-state index in [1.165, 1.54) is 27.6 Å². The summed E-state index contributed by atoms with van der Waals surface area (Å²) in [4.78, 5) is 0. The molecule has 0 fully saturated rings. The van der Waals surface area contributed by atoms with Gasteiger partial charge in [0.05, 0.1) is 7.11 Å². The van der Waals surface area contributed by atoms with Crippen molar-refractivity contribution >= 4 is 16.8 Å². The predicted molar refractivity (Wildman–Crippen MR) is 147 cm³/mol. The minimum absolute atomic E-state index is 0.267. The Morgan fingerprint density at radius 1 is 0.750 bits per heavy atom. The first-order valence-corrected chi connectivity index (χ1v) is 12.5. The fourth-order valence-electron chi connectivity index (χ4n) is 6.12. The second kappa shape index (κ2) is 7.86. The van der Waals surface area contributed by atoms with Crippen LogP contribution in [0.2, 0.25) is 0 Å². The van der Waals surface area contributed by atoms with Gasteiger partial charge in [-0.15, -0.1) is 0 Å². The molecule has 2 nitrogen and oxygen atoms in total. The third-order valence-corrected chi connectivity index (χ3v) is 7.83. The van der Waals surface area contributed by atoms with Crippen LogP contribution in [-0.4, -0.2) is 7.11 Å². The molecule has 0 aromatic heterocycles. The van der Waals surface area contributed by atoms with Gasteiger partial charge in [0.25, 0.3) is 0 Å². The molecule has 0 spiro atoms. The lowest BCUT2D eigenvalue weighted by atomic mass is 9.81. The van der Waals surface area contributed by atoms with E-state index >= 15 is 0 Å². The number of benzene rings is 5. The van der Waals surface area contributed by atoms with Crippen molar-refractivity contribution in [1.82, 2.24) is 0 Å². The Morgan fingerprint density at radius 2 is 1.39 bits per heavy atom. The molecular weight excluding hydrogens is 440 g/mol. The molecule has 2 aliphatic rings. The Morgan fingerprint density at radius 3 is 2.06 bits per heavy atom. The van der Waals surface area contributed by atoms with Gasteiger partial charge in [0.15, 0.2) is 5.60 Å². The highest BCUT2D eigenvalue weighted by Crippen LogP contribution is 2.56. The number of hydrogen-bond acceptors (Lipinski definition) is 2. The van der Waals surface area contributed by atoms with Gasteiger partial charge in [-0.05, 0) is 51.9 Å². The van der Waals surface area contributed by atoms with Gasteiger partial charge in [-0.3, -0.25) is 0 Å². The number of ether oxygens (including phenoxy) is 2. The highest BCUT2D eigenvalue weighted by molar-refractivity contribution is 6.05. The molecule has 1 unspecified atom stereocenters. The van der Waals surface area contributed by atoms with Gasteiger partial charge in [0, 0.05) is 28.0 Å². The molecule has 0 saturated carbocycles. The Bertz CT molecular complexity index is 1610. The number of fused-ring (bicyclic) bond motifs is 8. The van der Waals surface area contributed by atoms with Crippen LogP contribution in [0.15, 0.2) is 109 Å². The summed E-state index contributed by atoms with van der Waals surface area (Å²) in [5.41, 5.74) is 7.89. The highest BCUT2D eigenvalue weighted by Gasteiger charge is 2.40. The van der Waals surface area contributed by atoms with E-state index in [1.807, 2.05) is 0 Å². The lowest BCUT2D eigenvalue weighted by molar-refractivity contribution is 0.163. The maximum absolute atomic E-state index is 7.21. The first kappa shape index (κ1) is 21.0. The molecule has 2 heteroatoms. The van der Waals surface area contributed by atoms with Crippen molar-refractivity contribution < 1.29 is 9.47 Å². The summed E-state index contributed by atoms with van der Waals surface area (Å²) in [6.07, 6.45) is 4.53. The van der Waals surface area contributed by atoms with Crippen LogP contribution in [0.4, 0.5) is 0 Å². The molecule has 0 amide bonds. The summed E-state index contributed by atoms with van der Waals surface area (Å²) in [7, 11) is 1.73. The van der Waals surface area contributed by atoms with E-state index < -0.39 is 5.60 Å². The molecule has 5 aromatic carbocycles. The SMILES string of the molecule is COc1ccc2c(c1)C(C)c1c-2c2c(c3ccccc13)OC(c1ccccc1)(c1ccccc1)C=C2. The molecule has 0 bridgehead atoms. The van der Waals surface area contributed by atoms with Crippen molar-refractivity contribution in [3.05, 3.63) is 137 Å². The Hall–Kier alpha value is -4.30. The molecular formula is C34H26O2. The molecule has 0 radical (unpaired) electrons. The third-order valence-electron chi connectivity index (χ3n) is 7.83. The van der Waals surface area contributed by atoms with Gasteiger partial charge in [0.2, 0.25) is 0 Å². The maximum Gasteiger partial charge on any atom is 0.178 e. The largest absolute Gasteiger partial charge is 0.497 e. The fraction of sp³-hybridized carbons (Fsp3) is 0.118. The van der Waals surface area contributed by atoms with Crippen molar-refractivity contribution in [2.24, 2.45) is 0 Å². The van der Waals surface area contributed by atoms with Crippen molar-refractivity contribution in [3.8, 4) is 22.6 Å². The van der Waals surface area contributed by atoms with Crippen molar-refractivity contribution in [3.63, 3.8) is 0 Å². The second-order valence-corrected chi connectivity index (χ2v) is 9.66. The smallest absolute Gasteiger partial charge is 0.178 e. The molecule has 174 valence electrons. The van der Waals surface area contributed by atoms with E-state index in [0.29, 0.717) is 0 Å². The predicted octanol–water partition coefficient (Wildman–Crippen LogP) is 8.33. The zero-order valence-corrected chi connectivity index (χ0v) is 20.4. The maximum atomic E-state index is 7.21. The average Bonchev–Trinajstić information content (AvgIpc) is 3.25. The molecule has 7 rings (SSSR count). The van der Waals surface area contributed by atoms with E-state index in [9.17, 15) is 0 Å². The normalized spacial score (nSPS) is 16.7. The van der Waals surface area contributed by atoms with Crippen LogP contribution >= 0.6 is 0 Å². The quantitative estimate of drug-likeness (QED) is 0.266. The minimum Gasteiger partial charge on any atom is -0.497 e. The lowest BCUT2D eigenvalue weighted by Gasteiger charge is -2.37. The van der Waals surface area contributed by atoms with Crippen molar-refractivity contribution in [2.75, 3.05) is 7.11 Å². The zero-order valence-electron chi connectivity index (χ0n) is 20.4. The van der Waals surface area contributed by atoms with Gasteiger partial charge in [-0.2, -0.15) is 0 Å². The lowest BCUT2D eigenvalue weighted by Crippen LogP contribution is -2.34. The molecule has 0 N–H and O–H groups in total. The van der Waals surface area contributed by atoms with E-state index in [1.54, 1.807) is 7.11 Å². The van der Waals surface area contributed by atoms with E-state index in [0.717, 1.165) is 33.6 Å². The number of rotatable bonds is 3. The minimum atomic E-state index is -0.709. The summed E-state index contributed by atoms with van der Waals surface area (Å²) in [5, 5.41) is 2.40. The van der Waals surface area contributed by atoms with Crippen LogP contribution in [-0.2, 0) is 5.60 Å². The van der Waals surface area contributed by atoms with Crippen LogP contribution in [0.3, 0.4) is 0 Å². The molecule has 36 heavy (non-hydrogen) atoms. The summed E-state index contributed by atoms with van der Waals surface area (Å²) < 4.78 is 12.8. The van der Waals surface area contributed by atoms with Crippen LogP contribution in [0.25, 0.3) is 28.0 Å². The topological polar surface area (TPSA) is 18.5 Å². The van der Waals surface area contributed by atoms with Crippen LogP contribution in [0.5, 0.6) is 11.5 Å². The summed E-state index contributed by atoms with van der Waals surface area (Å²) >= 11 is 0. The van der Waals surface area contributed by atoms with Gasteiger partial charge >= 0.3 is 0 Å². The Kier molecular flexibility index (Phi) is 4.59. The van der Waals surface area contributed by atoms with Crippen LogP contribution in [0, 0.1) is 0 Å². The Labute approximate surface area is 211 Å². The van der Waals surface area contributed by atoms with Crippen LogP contribution < -0.4 is 9.47 Å². The summed E-state index contributed by atoms with van der Waals surface area (Å²) in [6, 6.07) is 36.2. The monoisotopic (exact) mass is 466 g/mol. The second-order valence-electron chi connectivity index (χ2n) is 9.66. The molecule has 5 aromatic rings. The molecule has 0 saturated heterocycles. The van der Waals surface area contributed by atoms with Gasteiger partial charge < -0.3 is 9.47 Å². The standard InChI is InChI=1S/C34H26O2/c1-22-30-21-25(35-2)17-18-27(30)32-29-19-20-34(23-11-5-3-6-12-23,24-13-7-4-8-14-24)36-33(29)28-16-10-9-15-26(28)31(22)32/h3-22H,1-2H3. The summed E-state index contributed by atoms with van der Waals surface area (Å²) in [6.45, 7) is 2.30. The number of methoxy groups -OCH3 is 1. The molecule has 1 atom stereocenters. The van der Waals surface area contributed by atoms with Gasteiger partial charge in [0.1, 0.15) is 11.5 Å². The third kappa shape index (κ3) is 2.85. The fourth-order valence-corrected chi connectivity index (χ4v) is 6.12. The van der Waals surface area contributed by atoms with E-state index in [-0.39, 0.29) is 5.92 Å². The summed E-state index contributed by atoms with van der Waals surface area (Å²) in [5.74, 6) is 2.10. The van der Waals surface area contributed by atoms with Gasteiger partial charge in [-0.25, -0.2) is 0 Å². The van der Waals surface area contributed by atoms with Crippen molar-refractivity contribution in [2.45, 2.75) is 18.4 Å². The highest BCUT2D eigenvalue weighted by atomic mass is 16.5. The molecule has 1 aliphatic heterocycles. The number of hydrogen-bond donors (Lipinski definition) is 0. The zero-order chi connectivity index (χ0) is 24.3. The van der Waals surface area contributed by atoms with E-state index in [2.05, 4.69) is 122 Å². The first-order valence-electron chi connectivity index (χ1n) is 12.5. The first-order chi connectivity index (χ1) is 17.7. The van der Waals surface area contributed by atoms with Crippen LogP contribution in [0.1, 0.15) is 40.7 Å². The molecule has 1 aliphatic carbocycles. The molecule has 1 heterocycles. The Balaban J connectivity index is 1.55. The average molecular weight is 467 g/mol. The van der Waals surface area contributed by atoms with E-state index in [4.69, 9.17) is 9.47 Å². The van der Waals surface area contributed by atoms with Crippen molar-refractivity contribution in [1.29, 1.82) is 0 Å². The van der Waals surface area contributed by atoms with Gasteiger partial charge in [-0.1, -0.05) is 97.9 Å².